The van der Waals surface area contributed by atoms with E-state index in [1.807, 2.05) is 5.38 Å². The summed E-state index contributed by atoms with van der Waals surface area (Å²) in [5.41, 5.74) is 3.32. The summed E-state index contributed by atoms with van der Waals surface area (Å²) in [7, 11) is 0. The Balaban J connectivity index is 1.42. The summed E-state index contributed by atoms with van der Waals surface area (Å²) in [6.45, 7) is 2.37. The van der Waals surface area contributed by atoms with Crippen LogP contribution in [0.15, 0.2) is 40.9 Å². The van der Waals surface area contributed by atoms with Gasteiger partial charge in [0.25, 0.3) is 0 Å². The molecule has 3 heterocycles. The number of carbonyl (C=O) groups excluding carboxylic acids is 1. The maximum atomic E-state index is 12.7. The fraction of sp³-hybridized carbons (Fsp3) is 0.368. The molecule has 0 bridgehead atoms. The molecule has 1 N–H and O–H groups in total. The molecule has 142 valence electrons. The van der Waals surface area contributed by atoms with Crippen molar-refractivity contribution in [2.45, 2.75) is 32.0 Å². The molecule has 2 aliphatic heterocycles. The molecule has 1 amide bonds. The Morgan fingerprint density at radius 2 is 1.93 bits per heavy atom. The summed E-state index contributed by atoms with van der Waals surface area (Å²) >= 11 is 1.44. The maximum absolute atomic E-state index is 12.7. The molecule has 1 aromatic carbocycles. The van der Waals surface area contributed by atoms with E-state index >= 15 is 0 Å². The average molecular weight is 393 g/mol. The highest BCUT2D eigenvalue weighted by Crippen LogP contribution is 2.32. The van der Waals surface area contributed by atoms with Crippen molar-refractivity contribution >= 4 is 17.2 Å². The van der Waals surface area contributed by atoms with Crippen molar-refractivity contribution in [3.63, 3.8) is 0 Å². The lowest BCUT2D eigenvalue weighted by Crippen LogP contribution is -2.39. The number of alkyl halides is 3. The number of rotatable bonds is 3. The molecule has 0 saturated heterocycles. The molecule has 4 nitrogen and oxygen atoms in total. The molecule has 0 fully saturated rings. The van der Waals surface area contributed by atoms with Crippen molar-refractivity contribution in [2.24, 2.45) is 0 Å². The van der Waals surface area contributed by atoms with Gasteiger partial charge in [0.05, 0.1) is 11.3 Å². The Bertz CT molecular complexity index is 886. The van der Waals surface area contributed by atoms with Crippen LogP contribution in [0.25, 0.3) is 10.6 Å². The Morgan fingerprint density at radius 1 is 1.15 bits per heavy atom. The van der Waals surface area contributed by atoms with Gasteiger partial charge in [-0.1, -0.05) is 12.1 Å². The predicted octanol–water partition coefficient (Wildman–Crippen LogP) is 4.20. The van der Waals surface area contributed by atoms with Gasteiger partial charge in [-0.2, -0.15) is 13.2 Å². The first kappa shape index (κ1) is 18.2. The van der Waals surface area contributed by atoms with Crippen molar-refractivity contribution in [3.05, 3.63) is 52.2 Å². The Kier molecular flexibility index (Phi) is 4.77. The molecule has 0 unspecified atom stereocenters. The van der Waals surface area contributed by atoms with Crippen molar-refractivity contribution in [1.29, 1.82) is 0 Å². The third kappa shape index (κ3) is 4.06. The molecular weight excluding hydrogens is 375 g/mol. The molecule has 0 saturated carbocycles. The molecule has 2 aliphatic rings. The van der Waals surface area contributed by atoms with Crippen LogP contribution in [-0.4, -0.2) is 28.9 Å². The zero-order valence-electron chi connectivity index (χ0n) is 14.5. The van der Waals surface area contributed by atoms with E-state index in [-0.39, 0.29) is 5.91 Å². The fourth-order valence-corrected chi connectivity index (χ4v) is 4.26. The van der Waals surface area contributed by atoms with E-state index in [0.717, 1.165) is 54.5 Å². The fourth-order valence-electron chi connectivity index (χ4n) is 3.45. The molecule has 4 rings (SSSR count). The van der Waals surface area contributed by atoms with Crippen LogP contribution < -0.4 is 5.32 Å². The van der Waals surface area contributed by atoms with E-state index in [9.17, 15) is 18.0 Å². The van der Waals surface area contributed by atoms with Gasteiger partial charge < -0.3 is 5.32 Å². The highest BCUT2D eigenvalue weighted by Gasteiger charge is 2.30. The minimum atomic E-state index is -4.33. The van der Waals surface area contributed by atoms with E-state index in [0.29, 0.717) is 18.5 Å². The van der Waals surface area contributed by atoms with E-state index in [4.69, 9.17) is 0 Å². The second-order valence-corrected chi connectivity index (χ2v) is 7.67. The van der Waals surface area contributed by atoms with E-state index in [1.165, 1.54) is 29.0 Å². The lowest BCUT2D eigenvalue weighted by molar-refractivity contribution is -0.137. The van der Waals surface area contributed by atoms with Gasteiger partial charge in [0.15, 0.2) is 0 Å². The van der Waals surface area contributed by atoms with Crippen molar-refractivity contribution in [1.82, 2.24) is 15.2 Å². The molecule has 2 aromatic rings. The first-order chi connectivity index (χ1) is 12.9. The molecule has 0 aliphatic carbocycles. The Labute approximate surface area is 158 Å². The normalized spacial score (nSPS) is 18.4. The lowest BCUT2D eigenvalue weighted by atomic mass is 9.97. The van der Waals surface area contributed by atoms with Gasteiger partial charge in [-0.25, -0.2) is 4.98 Å². The number of halogens is 3. The third-order valence-corrected chi connectivity index (χ3v) is 5.80. The highest BCUT2D eigenvalue weighted by molar-refractivity contribution is 7.13. The van der Waals surface area contributed by atoms with Crippen LogP contribution in [0.4, 0.5) is 13.2 Å². The molecule has 8 heteroatoms. The van der Waals surface area contributed by atoms with Gasteiger partial charge in [-0.3, -0.25) is 9.69 Å². The molecule has 0 spiro atoms. The standard InChI is InChI=1S/C19H18F3N3OS/c20-19(21,22)14-4-1-12(2-5-14)18-23-15(11-27-18)10-25-8-7-16-13(9-25)3-6-17(26)24-16/h1-2,4-5,11H,3,6-10H2,(H,24,26). The van der Waals surface area contributed by atoms with Crippen LogP contribution in [0.1, 0.15) is 30.5 Å². The largest absolute Gasteiger partial charge is 0.416 e. The minimum Gasteiger partial charge on any atom is -0.330 e. The summed E-state index contributed by atoms with van der Waals surface area (Å²) < 4.78 is 38.0. The maximum Gasteiger partial charge on any atom is 0.416 e. The van der Waals surface area contributed by atoms with Crippen LogP contribution in [-0.2, 0) is 17.5 Å². The summed E-state index contributed by atoms with van der Waals surface area (Å²) in [6.07, 6.45) is -2.14. The molecule has 0 radical (unpaired) electrons. The Hall–Kier alpha value is -2.19. The number of amides is 1. The van der Waals surface area contributed by atoms with Gasteiger partial charge in [0.2, 0.25) is 5.91 Å². The first-order valence-corrected chi connectivity index (χ1v) is 9.61. The first-order valence-electron chi connectivity index (χ1n) is 8.73. The number of hydrogen-bond donors (Lipinski definition) is 1. The zero-order valence-corrected chi connectivity index (χ0v) is 15.3. The van der Waals surface area contributed by atoms with Crippen molar-refractivity contribution in [2.75, 3.05) is 13.1 Å². The van der Waals surface area contributed by atoms with Crippen LogP contribution >= 0.6 is 11.3 Å². The SMILES string of the molecule is O=C1CCC2=C(CCN(Cc3csc(-c4ccc(C(F)(F)F)cc4)n3)C2)N1. The van der Waals surface area contributed by atoms with Gasteiger partial charge in [0.1, 0.15) is 5.01 Å². The predicted molar refractivity (Wildman–Crippen MR) is 96.8 cm³/mol. The van der Waals surface area contributed by atoms with E-state index < -0.39 is 11.7 Å². The lowest BCUT2D eigenvalue weighted by Gasteiger charge is -2.32. The minimum absolute atomic E-state index is 0.0999. The average Bonchev–Trinajstić information content (AvgIpc) is 3.10. The summed E-state index contributed by atoms with van der Waals surface area (Å²) in [4.78, 5) is 18.4. The number of benzene rings is 1. The number of nitrogens with one attached hydrogen (secondary N) is 1. The van der Waals surface area contributed by atoms with Gasteiger partial charge in [0, 0.05) is 49.1 Å². The number of hydrogen-bond acceptors (Lipinski definition) is 4. The van der Waals surface area contributed by atoms with Crippen LogP contribution in [0.3, 0.4) is 0 Å². The highest BCUT2D eigenvalue weighted by atomic mass is 32.1. The summed E-state index contributed by atoms with van der Waals surface area (Å²) in [6, 6.07) is 5.11. The van der Waals surface area contributed by atoms with E-state index in [2.05, 4.69) is 15.2 Å². The topological polar surface area (TPSA) is 45.2 Å². The molecule has 27 heavy (non-hydrogen) atoms. The van der Waals surface area contributed by atoms with Gasteiger partial charge >= 0.3 is 6.18 Å². The number of nitrogens with zero attached hydrogens (tertiary/aromatic N) is 2. The molecule has 0 atom stereocenters. The number of carbonyl (C=O) groups is 1. The van der Waals surface area contributed by atoms with Gasteiger partial charge in [-0.15, -0.1) is 11.3 Å². The molecule has 1 aromatic heterocycles. The summed E-state index contributed by atoms with van der Waals surface area (Å²) in [5, 5.41) is 5.64. The zero-order chi connectivity index (χ0) is 19.0. The Morgan fingerprint density at radius 3 is 2.67 bits per heavy atom. The van der Waals surface area contributed by atoms with E-state index in [1.54, 1.807) is 0 Å². The number of aromatic nitrogens is 1. The third-order valence-electron chi connectivity index (χ3n) is 4.86. The van der Waals surface area contributed by atoms with Crippen LogP contribution in [0.2, 0.25) is 0 Å². The van der Waals surface area contributed by atoms with Crippen molar-refractivity contribution in [3.8, 4) is 10.6 Å². The summed E-state index contributed by atoms with van der Waals surface area (Å²) in [5.74, 6) is 0.0999. The monoisotopic (exact) mass is 393 g/mol. The molecular formula is C19H18F3N3OS. The number of thiazole rings is 1. The van der Waals surface area contributed by atoms with Crippen LogP contribution in [0, 0.1) is 0 Å². The van der Waals surface area contributed by atoms with Crippen molar-refractivity contribution < 1.29 is 18.0 Å². The second-order valence-electron chi connectivity index (χ2n) is 6.81. The van der Waals surface area contributed by atoms with Gasteiger partial charge in [-0.05, 0) is 24.1 Å². The second kappa shape index (κ2) is 7.09. The quantitative estimate of drug-likeness (QED) is 0.850. The smallest absolute Gasteiger partial charge is 0.330 e. The van der Waals surface area contributed by atoms with Crippen LogP contribution in [0.5, 0.6) is 0 Å².